The van der Waals surface area contributed by atoms with Crippen molar-refractivity contribution in [1.82, 2.24) is 25.3 Å². The summed E-state index contributed by atoms with van der Waals surface area (Å²) in [4.78, 5) is 29.4. The van der Waals surface area contributed by atoms with E-state index < -0.39 is 23.7 Å². The lowest BCUT2D eigenvalue weighted by Crippen LogP contribution is -2.45. The first-order valence-electron chi connectivity index (χ1n) is 12.2. The Morgan fingerprint density at radius 3 is 2.50 bits per heavy atom. The maximum Gasteiger partial charge on any atom is 0.271 e. The highest BCUT2D eigenvalue weighted by molar-refractivity contribution is 5.94. The smallest absolute Gasteiger partial charge is 0.271 e. The average Bonchev–Trinajstić information content (AvgIpc) is 3.40. The van der Waals surface area contributed by atoms with E-state index >= 15 is 0 Å². The van der Waals surface area contributed by atoms with Gasteiger partial charge in [0.1, 0.15) is 17.2 Å². The Morgan fingerprint density at radius 1 is 1.08 bits per heavy atom. The number of amides is 1. The molecule has 36 heavy (non-hydrogen) atoms. The zero-order chi connectivity index (χ0) is 25.5. The summed E-state index contributed by atoms with van der Waals surface area (Å²) in [5, 5.41) is 14.3. The zero-order valence-corrected chi connectivity index (χ0v) is 20.6. The summed E-state index contributed by atoms with van der Waals surface area (Å²) in [5.41, 5.74) is 1.15. The second kappa shape index (κ2) is 11.4. The molecular formula is C28H32FN5O2. The summed E-state index contributed by atoms with van der Waals surface area (Å²) >= 11 is 0. The van der Waals surface area contributed by atoms with Crippen molar-refractivity contribution in [2.75, 3.05) is 0 Å². The highest BCUT2D eigenvalue weighted by atomic mass is 19.1. The van der Waals surface area contributed by atoms with Crippen LogP contribution in [0.2, 0.25) is 0 Å². The number of hydrogen-bond acceptors (Lipinski definition) is 5. The Bertz CT molecular complexity index is 1260. The van der Waals surface area contributed by atoms with E-state index in [0.717, 1.165) is 5.56 Å². The van der Waals surface area contributed by atoms with Crippen molar-refractivity contribution < 1.29 is 14.3 Å². The minimum Gasteiger partial charge on any atom is -0.391 e. The highest BCUT2D eigenvalue weighted by Gasteiger charge is 2.29. The Balaban J connectivity index is 1.54. The molecule has 3 N–H and O–H groups in total. The molecule has 4 rings (SSSR count). The normalized spacial score (nSPS) is 14.3. The molecule has 0 aliphatic heterocycles. The van der Waals surface area contributed by atoms with Crippen LogP contribution in [0.1, 0.15) is 60.9 Å². The summed E-state index contributed by atoms with van der Waals surface area (Å²) in [6.07, 6.45) is 5.48. The number of fused-ring (bicyclic) bond motifs is 1. The van der Waals surface area contributed by atoms with E-state index in [0.29, 0.717) is 42.5 Å². The van der Waals surface area contributed by atoms with Gasteiger partial charge in [-0.3, -0.25) is 9.78 Å². The first-order valence-corrected chi connectivity index (χ1v) is 12.2. The predicted molar refractivity (Wildman–Crippen MR) is 137 cm³/mol. The predicted octanol–water partition coefficient (Wildman–Crippen LogP) is 4.76. The van der Waals surface area contributed by atoms with Crippen molar-refractivity contribution >= 4 is 16.9 Å². The van der Waals surface area contributed by atoms with E-state index in [4.69, 9.17) is 0 Å². The van der Waals surface area contributed by atoms with Gasteiger partial charge in [0, 0.05) is 18.3 Å². The van der Waals surface area contributed by atoms with Crippen LogP contribution in [0.4, 0.5) is 4.39 Å². The SMILES string of the molecule is CC(C)(F)CC[C@H](C[C@H](O)[C@H](Cc1ccccc1)NC(=O)c1cnc2ccccc2n1)c1ncc[nH]1. The Morgan fingerprint density at radius 2 is 1.81 bits per heavy atom. The van der Waals surface area contributed by atoms with E-state index in [1.165, 1.54) is 6.20 Å². The van der Waals surface area contributed by atoms with Crippen molar-refractivity contribution in [1.29, 1.82) is 0 Å². The second-order valence-electron chi connectivity index (χ2n) is 9.75. The number of aromatic nitrogens is 4. The molecule has 2 aromatic heterocycles. The molecule has 0 unspecified atom stereocenters. The molecule has 2 heterocycles. The third-order valence-electron chi connectivity index (χ3n) is 6.28. The average molecular weight is 490 g/mol. The number of alkyl halides is 1. The van der Waals surface area contributed by atoms with E-state index in [9.17, 15) is 14.3 Å². The summed E-state index contributed by atoms with van der Waals surface area (Å²) in [6, 6.07) is 16.4. The van der Waals surface area contributed by atoms with Crippen LogP contribution in [0, 0.1) is 0 Å². The lowest BCUT2D eigenvalue weighted by molar-refractivity contribution is 0.0777. The maximum atomic E-state index is 14.3. The van der Waals surface area contributed by atoms with Crippen LogP contribution in [-0.2, 0) is 6.42 Å². The maximum absolute atomic E-state index is 14.3. The van der Waals surface area contributed by atoms with E-state index in [2.05, 4.69) is 25.3 Å². The Hall–Kier alpha value is -3.65. The molecule has 0 aliphatic rings. The van der Waals surface area contributed by atoms with E-state index in [1.54, 1.807) is 32.3 Å². The molecular weight excluding hydrogens is 457 g/mol. The van der Waals surface area contributed by atoms with E-state index in [1.807, 2.05) is 48.5 Å². The van der Waals surface area contributed by atoms with Crippen LogP contribution in [0.3, 0.4) is 0 Å². The zero-order valence-electron chi connectivity index (χ0n) is 20.6. The Labute approximate surface area is 210 Å². The molecule has 0 aliphatic carbocycles. The number of aliphatic hydroxyl groups is 1. The lowest BCUT2D eigenvalue weighted by Gasteiger charge is -2.28. The molecule has 0 radical (unpaired) electrons. The molecule has 8 heteroatoms. The molecule has 7 nitrogen and oxygen atoms in total. The number of halogens is 1. The van der Waals surface area contributed by atoms with Gasteiger partial charge in [-0.25, -0.2) is 14.4 Å². The van der Waals surface area contributed by atoms with Gasteiger partial charge in [-0.05, 0) is 57.2 Å². The number of hydrogen-bond donors (Lipinski definition) is 3. The van der Waals surface area contributed by atoms with Crippen molar-refractivity contribution in [2.45, 2.75) is 63.3 Å². The van der Waals surface area contributed by atoms with Crippen LogP contribution >= 0.6 is 0 Å². The monoisotopic (exact) mass is 489 g/mol. The number of benzene rings is 2. The molecule has 0 bridgehead atoms. The van der Waals surface area contributed by atoms with Crippen molar-refractivity contribution in [3.8, 4) is 0 Å². The molecule has 188 valence electrons. The number of rotatable bonds is 11. The molecule has 0 saturated heterocycles. The lowest BCUT2D eigenvalue weighted by atomic mass is 9.88. The van der Waals surface area contributed by atoms with Gasteiger partial charge in [-0.1, -0.05) is 42.5 Å². The van der Waals surface area contributed by atoms with Gasteiger partial charge in [0.25, 0.3) is 5.91 Å². The molecule has 0 saturated carbocycles. The molecule has 1 amide bonds. The van der Waals surface area contributed by atoms with E-state index in [-0.39, 0.29) is 11.6 Å². The summed E-state index contributed by atoms with van der Waals surface area (Å²) in [7, 11) is 0. The molecule has 4 aromatic rings. The summed E-state index contributed by atoms with van der Waals surface area (Å²) in [6.45, 7) is 3.09. The van der Waals surface area contributed by atoms with Crippen LogP contribution in [0.5, 0.6) is 0 Å². The largest absolute Gasteiger partial charge is 0.391 e. The van der Waals surface area contributed by atoms with Crippen molar-refractivity contribution in [3.63, 3.8) is 0 Å². The number of H-pyrrole nitrogens is 1. The molecule has 3 atom stereocenters. The third-order valence-corrected chi connectivity index (χ3v) is 6.28. The van der Waals surface area contributed by atoms with Crippen molar-refractivity contribution in [3.05, 3.63) is 90.3 Å². The minimum absolute atomic E-state index is 0.181. The van der Waals surface area contributed by atoms with Crippen LogP contribution in [-0.4, -0.2) is 48.8 Å². The number of para-hydroxylation sites is 2. The number of nitrogens with one attached hydrogen (secondary N) is 2. The van der Waals surface area contributed by atoms with Gasteiger partial charge >= 0.3 is 0 Å². The van der Waals surface area contributed by atoms with Gasteiger partial charge in [0.05, 0.1) is 29.4 Å². The van der Waals surface area contributed by atoms with Crippen LogP contribution in [0.15, 0.2) is 73.2 Å². The number of nitrogens with zero attached hydrogens (tertiary/aromatic N) is 3. The Kier molecular flexibility index (Phi) is 8.05. The third kappa shape index (κ3) is 6.95. The number of aliphatic hydroxyl groups excluding tert-OH is 1. The van der Waals surface area contributed by atoms with Gasteiger partial charge in [-0.15, -0.1) is 0 Å². The number of carbonyl (C=O) groups excluding carboxylic acids is 1. The summed E-state index contributed by atoms with van der Waals surface area (Å²) in [5.74, 6) is 0.0943. The fourth-order valence-corrected chi connectivity index (χ4v) is 4.30. The first-order chi connectivity index (χ1) is 17.3. The van der Waals surface area contributed by atoms with Gasteiger partial charge < -0.3 is 15.4 Å². The van der Waals surface area contributed by atoms with Gasteiger partial charge in [-0.2, -0.15) is 0 Å². The summed E-state index contributed by atoms with van der Waals surface area (Å²) < 4.78 is 14.3. The number of carbonyl (C=O) groups is 1. The number of imidazole rings is 1. The fourth-order valence-electron chi connectivity index (χ4n) is 4.30. The minimum atomic E-state index is -1.33. The highest BCUT2D eigenvalue weighted by Crippen LogP contribution is 2.29. The topological polar surface area (TPSA) is 104 Å². The quantitative estimate of drug-likeness (QED) is 0.282. The van der Waals surface area contributed by atoms with Crippen LogP contribution in [0.25, 0.3) is 11.0 Å². The first kappa shape index (κ1) is 25.4. The standard InChI is InChI=1S/C28H32FN5O2/c1-28(2,29)13-12-20(26-30-14-15-31-26)17-25(35)23(16-19-8-4-3-5-9-19)34-27(36)24-18-32-21-10-6-7-11-22(21)33-24/h3-11,14-15,18,20,23,25,35H,12-13,16-17H2,1-2H3,(H,30,31)(H,34,36)/t20-,23+,25+/m1/s1. The molecule has 0 fully saturated rings. The van der Waals surface area contributed by atoms with Gasteiger partial charge in [0.15, 0.2) is 0 Å². The second-order valence-corrected chi connectivity index (χ2v) is 9.75. The van der Waals surface area contributed by atoms with Crippen LogP contribution < -0.4 is 5.32 Å². The fraction of sp³-hybridized carbons (Fsp3) is 0.357. The molecule has 2 aromatic carbocycles. The van der Waals surface area contributed by atoms with Gasteiger partial charge in [0.2, 0.25) is 0 Å². The number of aromatic amines is 1. The molecule has 0 spiro atoms. The van der Waals surface area contributed by atoms with Crippen molar-refractivity contribution in [2.24, 2.45) is 0 Å².